The van der Waals surface area contributed by atoms with E-state index in [4.69, 9.17) is 9.84 Å². The van der Waals surface area contributed by atoms with Gasteiger partial charge in [0.2, 0.25) is 8.32 Å². The lowest BCUT2D eigenvalue weighted by atomic mass is 10.7. The normalized spacial score (nSPS) is 10.2. The highest BCUT2D eigenvalue weighted by Gasteiger charge is 2.15. The Kier molecular flexibility index (Phi) is 2.68. The highest BCUT2D eigenvalue weighted by molar-refractivity contribution is 6.70. The lowest BCUT2D eigenvalue weighted by molar-refractivity contribution is 0.433. The summed E-state index contributed by atoms with van der Waals surface area (Å²) < 4.78 is 5.28. The molecule has 0 aliphatic carbocycles. The Morgan fingerprint density at radius 2 is 1.89 bits per heavy atom. The molecule has 51 valence electrons. The Bertz CT molecular complexity index is 142. The van der Waals surface area contributed by atoms with Crippen LogP contribution in [0.1, 0.15) is 6.92 Å². The number of hydrogen-bond acceptors (Lipinski definition) is 1. The quantitative estimate of drug-likeness (QED) is 0.324. The second kappa shape index (κ2) is 2.85. The van der Waals surface area contributed by atoms with Crippen molar-refractivity contribution in [2.24, 2.45) is 0 Å². The van der Waals surface area contributed by atoms with Gasteiger partial charge in [0.25, 0.3) is 0 Å². The van der Waals surface area contributed by atoms with E-state index in [2.05, 4.69) is 0 Å². The van der Waals surface area contributed by atoms with E-state index in [-0.39, 0.29) is 0 Å². The number of allylic oxidation sites excluding steroid dienone is 1. The summed E-state index contributed by atoms with van der Waals surface area (Å²) >= 11 is 0. The molecular weight excluding hydrogens is 130 g/mol. The summed E-state index contributed by atoms with van der Waals surface area (Å²) in [5.41, 5.74) is 0. The second-order valence-corrected chi connectivity index (χ2v) is 7.31. The average Bonchev–Trinajstić information content (AvgIpc) is 1.62. The Labute approximate surface area is 57.2 Å². The number of rotatable bonds is 2. The second-order valence-electron chi connectivity index (χ2n) is 2.88. The predicted molar refractivity (Wildman–Crippen MR) is 40.8 cm³/mol. The molecule has 0 aromatic rings. The smallest absolute Gasteiger partial charge is 0.242 e. The average molecular weight is 142 g/mol. The van der Waals surface area contributed by atoms with Crippen LogP contribution >= 0.6 is 0 Å². The van der Waals surface area contributed by atoms with Crippen molar-refractivity contribution in [2.75, 3.05) is 0 Å². The SMILES string of the molecule is CC(=C=[N])O[Si](C)(C)C. The third-order valence-electron chi connectivity index (χ3n) is 0.617. The maximum Gasteiger partial charge on any atom is 0.242 e. The van der Waals surface area contributed by atoms with Crippen molar-refractivity contribution >= 4 is 14.2 Å². The van der Waals surface area contributed by atoms with Gasteiger partial charge in [-0.05, 0) is 19.6 Å². The van der Waals surface area contributed by atoms with Gasteiger partial charge >= 0.3 is 0 Å². The summed E-state index contributed by atoms with van der Waals surface area (Å²) in [6.45, 7) is 7.84. The van der Waals surface area contributed by atoms with Gasteiger partial charge in [-0.15, -0.1) is 0 Å². The molecule has 0 heterocycles. The highest BCUT2D eigenvalue weighted by atomic mass is 28.4. The van der Waals surface area contributed by atoms with Gasteiger partial charge < -0.3 is 4.43 Å². The van der Waals surface area contributed by atoms with Crippen LogP contribution in [-0.2, 0) is 4.43 Å². The fourth-order valence-corrected chi connectivity index (χ4v) is 1.45. The molecule has 0 rings (SSSR count). The van der Waals surface area contributed by atoms with Crippen LogP contribution in [0.25, 0.3) is 0 Å². The highest BCUT2D eigenvalue weighted by Crippen LogP contribution is 2.06. The van der Waals surface area contributed by atoms with Crippen molar-refractivity contribution in [3.8, 4) is 0 Å². The van der Waals surface area contributed by atoms with E-state index in [0.717, 1.165) is 0 Å². The molecule has 0 aliphatic heterocycles. The maximum atomic E-state index is 8.31. The van der Waals surface area contributed by atoms with Crippen molar-refractivity contribution in [3.05, 3.63) is 5.76 Å². The zero-order valence-electron chi connectivity index (χ0n) is 6.36. The lowest BCUT2D eigenvalue weighted by Gasteiger charge is -2.17. The first-order chi connectivity index (χ1) is 3.95. The van der Waals surface area contributed by atoms with E-state index >= 15 is 0 Å². The van der Waals surface area contributed by atoms with Gasteiger partial charge in [0.15, 0.2) is 0 Å². The van der Waals surface area contributed by atoms with Crippen LogP contribution in [0.3, 0.4) is 0 Å². The Morgan fingerprint density at radius 1 is 1.44 bits per heavy atom. The minimum absolute atomic E-state index is 0.481. The van der Waals surface area contributed by atoms with Crippen LogP contribution in [0, 0.1) is 0 Å². The van der Waals surface area contributed by atoms with E-state index < -0.39 is 8.32 Å². The van der Waals surface area contributed by atoms with Crippen LogP contribution in [0.4, 0.5) is 0 Å². The Balaban J connectivity index is 3.89. The van der Waals surface area contributed by atoms with Crippen LogP contribution in [0.5, 0.6) is 0 Å². The zero-order valence-corrected chi connectivity index (χ0v) is 7.36. The first-order valence-electron chi connectivity index (χ1n) is 2.88. The molecular formula is C6H12NOSi. The van der Waals surface area contributed by atoms with E-state index in [1.54, 1.807) is 6.92 Å². The molecule has 0 aliphatic rings. The summed E-state index contributed by atoms with van der Waals surface area (Å²) in [4.78, 5) is 0. The van der Waals surface area contributed by atoms with Gasteiger partial charge in [0, 0.05) is 6.92 Å². The molecule has 1 radical (unpaired) electrons. The number of hydrogen-bond donors (Lipinski definition) is 0. The molecule has 0 aromatic carbocycles. The summed E-state index contributed by atoms with van der Waals surface area (Å²) in [5, 5.41) is 8.31. The molecule has 0 fully saturated rings. The van der Waals surface area contributed by atoms with Gasteiger partial charge in [-0.3, -0.25) is 0 Å². The minimum atomic E-state index is -1.50. The van der Waals surface area contributed by atoms with Crippen molar-refractivity contribution in [2.45, 2.75) is 26.6 Å². The molecule has 0 N–H and O–H groups in total. The van der Waals surface area contributed by atoms with E-state index in [1.165, 1.54) is 0 Å². The molecule has 0 atom stereocenters. The van der Waals surface area contributed by atoms with Gasteiger partial charge in [-0.2, -0.15) is 0 Å². The molecule has 0 saturated carbocycles. The van der Waals surface area contributed by atoms with Gasteiger partial charge in [0.05, 0.1) is 5.87 Å². The monoisotopic (exact) mass is 142 g/mol. The van der Waals surface area contributed by atoms with E-state index in [0.29, 0.717) is 5.76 Å². The fraction of sp³-hybridized carbons (Fsp3) is 0.667. The van der Waals surface area contributed by atoms with Crippen molar-refractivity contribution in [1.29, 1.82) is 0 Å². The summed E-state index contributed by atoms with van der Waals surface area (Å²) in [7, 11) is -1.50. The van der Waals surface area contributed by atoms with Crippen molar-refractivity contribution in [1.82, 2.24) is 5.41 Å². The molecule has 2 nitrogen and oxygen atoms in total. The van der Waals surface area contributed by atoms with E-state index in [9.17, 15) is 0 Å². The molecule has 9 heavy (non-hydrogen) atoms. The molecule has 3 heteroatoms. The third kappa shape index (κ3) is 5.34. The predicted octanol–water partition coefficient (Wildman–Crippen LogP) is 1.21. The van der Waals surface area contributed by atoms with Gasteiger partial charge in [-0.1, -0.05) is 5.41 Å². The fourth-order valence-electron chi connectivity index (χ4n) is 0.482. The topological polar surface area (TPSA) is 31.5 Å². The summed E-state index contributed by atoms with van der Waals surface area (Å²) in [6, 6.07) is 0. The van der Waals surface area contributed by atoms with Crippen LogP contribution in [0.15, 0.2) is 5.76 Å². The van der Waals surface area contributed by atoms with E-state index in [1.807, 2.05) is 25.5 Å². The summed E-state index contributed by atoms with van der Waals surface area (Å²) in [5.74, 6) is 2.43. The van der Waals surface area contributed by atoms with Crippen LogP contribution in [0.2, 0.25) is 19.6 Å². The molecule has 0 bridgehead atoms. The van der Waals surface area contributed by atoms with Gasteiger partial charge in [-0.25, -0.2) is 0 Å². The first kappa shape index (κ1) is 8.47. The minimum Gasteiger partial charge on any atom is -0.541 e. The van der Waals surface area contributed by atoms with Crippen molar-refractivity contribution < 1.29 is 4.43 Å². The summed E-state index contributed by atoms with van der Waals surface area (Å²) in [6.07, 6.45) is 0. The van der Waals surface area contributed by atoms with Crippen molar-refractivity contribution in [3.63, 3.8) is 0 Å². The Morgan fingerprint density at radius 3 is 2.00 bits per heavy atom. The molecule has 0 unspecified atom stereocenters. The number of nitrogens with zero attached hydrogens (tertiary/aromatic N) is 1. The zero-order chi connectivity index (χ0) is 7.49. The molecule has 0 saturated heterocycles. The lowest BCUT2D eigenvalue weighted by Crippen LogP contribution is -2.24. The molecule has 0 spiro atoms. The molecule has 0 aromatic heterocycles. The first-order valence-corrected chi connectivity index (χ1v) is 6.29. The third-order valence-corrected chi connectivity index (χ3v) is 1.54. The standard InChI is InChI=1S/C6H12NOSi/c1-6(5-7)8-9(2,3)4/h1-4H3. The van der Waals surface area contributed by atoms with Gasteiger partial charge in [0.1, 0.15) is 5.76 Å². The van der Waals surface area contributed by atoms with Crippen LogP contribution in [-0.4, -0.2) is 14.2 Å². The largest absolute Gasteiger partial charge is 0.541 e. The van der Waals surface area contributed by atoms with Crippen LogP contribution < -0.4 is 5.41 Å². The maximum absolute atomic E-state index is 8.31. The Hall–Kier alpha value is -0.533. The molecule has 0 amide bonds.